The number of nitrogens with one attached hydrogen (secondary N) is 1. The van der Waals surface area contributed by atoms with Crippen LogP contribution >= 0.6 is 0 Å². The van der Waals surface area contributed by atoms with Crippen molar-refractivity contribution in [1.82, 2.24) is 15.1 Å². The van der Waals surface area contributed by atoms with Crippen LogP contribution in [-0.2, 0) is 17.8 Å². The van der Waals surface area contributed by atoms with Gasteiger partial charge in [0.25, 0.3) is 0 Å². The van der Waals surface area contributed by atoms with Gasteiger partial charge in [-0.1, -0.05) is 37.3 Å². The fourth-order valence-corrected chi connectivity index (χ4v) is 3.01. The van der Waals surface area contributed by atoms with Gasteiger partial charge >= 0.3 is 6.03 Å². The number of carbonyl (C=O) groups excluding carboxylic acids is 2. The van der Waals surface area contributed by atoms with E-state index >= 15 is 0 Å². The Balaban J connectivity index is 2.08. The Bertz CT molecular complexity index is 742. The Morgan fingerprint density at radius 1 is 1.00 bits per heavy atom. The normalized spacial score (nSPS) is 10.5. The lowest BCUT2D eigenvalue weighted by Gasteiger charge is -2.27. The predicted molar refractivity (Wildman–Crippen MR) is 110 cm³/mol. The van der Waals surface area contributed by atoms with E-state index in [4.69, 9.17) is 4.42 Å². The van der Waals surface area contributed by atoms with Gasteiger partial charge in [-0.25, -0.2) is 4.79 Å². The summed E-state index contributed by atoms with van der Waals surface area (Å²) in [6.07, 6.45) is 1.55. The van der Waals surface area contributed by atoms with Gasteiger partial charge in [0.15, 0.2) is 0 Å². The molecule has 1 aromatic carbocycles. The summed E-state index contributed by atoms with van der Waals surface area (Å²) in [5, 5.41) is 2.78. The van der Waals surface area contributed by atoms with E-state index in [2.05, 4.69) is 17.4 Å². The van der Waals surface area contributed by atoms with Crippen molar-refractivity contribution in [2.45, 2.75) is 40.2 Å². The summed E-state index contributed by atoms with van der Waals surface area (Å²) in [6, 6.07) is 13.7. The van der Waals surface area contributed by atoms with Crippen LogP contribution in [0.4, 0.5) is 4.79 Å². The second-order valence-corrected chi connectivity index (χ2v) is 6.82. The summed E-state index contributed by atoms with van der Waals surface area (Å²) in [4.78, 5) is 28.6. The molecule has 0 bridgehead atoms. The summed E-state index contributed by atoms with van der Waals surface area (Å²) in [6.45, 7) is 7.87. The Morgan fingerprint density at radius 2 is 1.75 bits per heavy atom. The highest BCUT2D eigenvalue weighted by Gasteiger charge is 2.21. The van der Waals surface area contributed by atoms with Crippen LogP contribution in [0.3, 0.4) is 0 Å². The lowest BCUT2D eigenvalue weighted by molar-refractivity contribution is -0.132. The summed E-state index contributed by atoms with van der Waals surface area (Å²) >= 11 is 0. The number of aryl methyl sites for hydroxylation is 1. The van der Waals surface area contributed by atoms with Gasteiger partial charge in [0.2, 0.25) is 5.91 Å². The molecule has 0 unspecified atom stereocenters. The van der Waals surface area contributed by atoms with Crippen molar-refractivity contribution < 1.29 is 14.0 Å². The summed E-state index contributed by atoms with van der Waals surface area (Å²) in [5.41, 5.74) is 1.17. The van der Waals surface area contributed by atoms with Crippen LogP contribution in [0.25, 0.3) is 0 Å². The van der Waals surface area contributed by atoms with E-state index in [0.717, 1.165) is 24.4 Å². The molecule has 0 aliphatic rings. The molecule has 0 aliphatic heterocycles. The topological polar surface area (TPSA) is 65.8 Å². The number of urea groups is 1. The number of hydrogen-bond donors (Lipinski definition) is 1. The molecule has 0 saturated carbocycles. The highest BCUT2D eigenvalue weighted by molar-refractivity contribution is 5.84. The number of rotatable bonds is 10. The van der Waals surface area contributed by atoms with Crippen molar-refractivity contribution in [1.29, 1.82) is 0 Å². The quantitative estimate of drug-likeness (QED) is 0.680. The van der Waals surface area contributed by atoms with Crippen molar-refractivity contribution in [3.05, 3.63) is 59.5 Å². The second kappa shape index (κ2) is 11.2. The maximum Gasteiger partial charge on any atom is 0.317 e. The minimum absolute atomic E-state index is 0.0636. The average Bonchev–Trinajstić information content (AvgIpc) is 3.10. The van der Waals surface area contributed by atoms with Crippen LogP contribution in [0, 0.1) is 6.92 Å². The molecule has 6 nitrogen and oxygen atoms in total. The Kier molecular flexibility index (Phi) is 8.59. The molecule has 1 N–H and O–H groups in total. The molecule has 28 heavy (non-hydrogen) atoms. The van der Waals surface area contributed by atoms with Crippen LogP contribution < -0.4 is 5.32 Å². The molecule has 0 radical (unpaired) electrons. The SMILES string of the molecule is CCCN(CC(=O)N(CCc1ccccc1)Cc1ccc(C)o1)C(=O)NCC. The minimum Gasteiger partial charge on any atom is -0.464 e. The third-order valence-corrected chi connectivity index (χ3v) is 4.44. The Morgan fingerprint density at radius 3 is 2.36 bits per heavy atom. The standard InChI is InChI=1S/C22H31N3O3/c1-4-14-25(22(27)23-5-2)17-21(26)24(16-20-12-11-18(3)28-20)15-13-19-9-7-6-8-10-19/h6-12H,4-5,13-17H2,1-3H3,(H,23,27). The van der Waals surface area contributed by atoms with Gasteiger partial charge < -0.3 is 19.5 Å². The van der Waals surface area contributed by atoms with Gasteiger partial charge in [-0.2, -0.15) is 0 Å². The van der Waals surface area contributed by atoms with Crippen molar-refractivity contribution in [3.63, 3.8) is 0 Å². The van der Waals surface area contributed by atoms with Crippen LogP contribution in [0.1, 0.15) is 37.4 Å². The van der Waals surface area contributed by atoms with Gasteiger partial charge in [0, 0.05) is 19.6 Å². The molecule has 0 saturated heterocycles. The van der Waals surface area contributed by atoms with Crippen molar-refractivity contribution >= 4 is 11.9 Å². The first kappa shape index (κ1) is 21.5. The third-order valence-electron chi connectivity index (χ3n) is 4.44. The van der Waals surface area contributed by atoms with Crippen LogP contribution in [0.5, 0.6) is 0 Å². The van der Waals surface area contributed by atoms with Gasteiger partial charge in [-0.05, 0) is 44.4 Å². The largest absolute Gasteiger partial charge is 0.464 e. The zero-order valence-corrected chi connectivity index (χ0v) is 17.1. The number of furan rings is 1. The molecule has 0 fully saturated rings. The maximum absolute atomic E-state index is 13.0. The molecule has 0 aliphatic carbocycles. The van der Waals surface area contributed by atoms with Crippen LogP contribution in [0.15, 0.2) is 46.9 Å². The van der Waals surface area contributed by atoms with E-state index in [1.54, 1.807) is 9.80 Å². The molecule has 0 spiro atoms. The zero-order valence-electron chi connectivity index (χ0n) is 17.1. The maximum atomic E-state index is 13.0. The number of benzene rings is 1. The lowest BCUT2D eigenvalue weighted by Crippen LogP contribution is -2.47. The summed E-state index contributed by atoms with van der Waals surface area (Å²) in [5.74, 6) is 1.49. The molecule has 6 heteroatoms. The highest BCUT2D eigenvalue weighted by atomic mass is 16.3. The first-order valence-electron chi connectivity index (χ1n) is 9.93. The molecule has 1 heterocycles. The number of amides is 3. The minimum atomic E-state index is -0.199. The third kappa shape index (κ3) is 6.76. The van der Waals surface area contributed by atoms with E-state index in [1.807, 2.05) is 51.1 Å². The van der Waals surface area contributed by atoms with E-state index in [9.17, 15) is 9.59 Å². The number of hydrogen-bond acceptors (Lipinski definition) is 3. The molecule has 1 aromatic heterocycles. The second-order valence-electron chi connectivity index (χ2n) is 6.82. The van der Waals surface area contributed by atoms with Gasteiger partial charge in [-0.15, -0.1) is 0 Å². The average molecular weight is 386 g/mol. The Labute approximate surface area is 167 Å². The molecule has 0 atom stereocenters. The highest BCUT2D eigenvalue weighted by Crippen LogP contribution is 2.12. The first-order valence-corrected chi connectivity index (χ1v) is 9.93. The van der Waals surface area contributed by atoms with Crippen LogP contribution in [-0.4, -0.2) is 47.9 Å². The summed E-state index contributed by atoms with van der Waals surface area (Å²) in [7, 11) is 0. The van der Waals surface area contributed by atoms with E-state index in [-0.39, 0.29) is 18.5 Å². The molecule has 3 amide bonds. The first-order chi connectivity index (χ1) is 13.5. The van der Waals surface area contributed by atoms with Crippen molar-refractivity contribution in [2.75, 3.05) is 26.2 Å². The molecule has 152 valence electrons. The van der Waals surface area contributed by atoms with Gasteiger partial charge in [0.1, 0.15) is 18.1 Å². The fraction of sp³-hybridized carbons (Fsp3) is 0.455. The molecule has 2 rings (SSSR count). The number of nitrogens with zero attached hydrogens (tertiary/aromatic N) is 2. The van der Waals surface area contributed by atoms with Crippen molar-refractivity contribution in [3.8, 4) is 0 Å². The molecular formula is C22H31N3O3. The molecule has 2 aromatic rings. The van der Waals surface area contributed by atoms with Gasteiger partial charge in [0.05, 0.1) is 6.54 Å². The van der Waals surface area contributed by atoms with Crippen LogP contribution in [0.2, 0.25) is 0 Å². The van der Waals surface area contributed by atoms with Crippen molar-refractivity contribution in [2.24, 2.45) is 0 Å². The van der Waals surface area contributed by atoms with E-state index < -0.39 is 0 Å². The number of carbonyl (C=O) groups is 2. The summed E-state index contributed by atoms with van der Waals surface area (Å²) < 4.78 is 5.67. The smallest absolute Gasteiger partial charge is 0.317 e. The van der Waals surface area contributed by atoms with E-state index in [0.29, 0.717) is 26.2 Å². The Hall–Kier alpha value is -2.76. The van der Waals surface area contributed by atoms with E-state index in [1.165, 1.54) is 5.56 Å². The van der Waals surface area contributed by atoms with Gasteiger partial charge in [-0.3, -0.25) is 4.79 Å². The molecular weight excluding hydrogens is 354 g/mol. The monoisotopic (exact) mass is 385 g/mol. The predicted octanol–water partition coefficient (Wildman–Crippen LogP) is 3.60. The zero-order chi connectivity index (χ0) is 20.4. The fourth-order valence-electron chi connectivity index (χ4n) is 3.01. The lowest BCUT2D eigenvalue weighted by atomic mass is 10.1.